The summed E-state index contributed by atoms with van der Waals surface area (Å²) in [5, 5.41) is 20.0. The van der Waals surface area contributed by atoms with Gasteiger partial charge in [-0.2, -0.15) is 0 Å². The second kappa shape index (κ2) is 28.8. The third kappa shape index (κ3) is 13.4. The van der Waals surface area contributed by atoms with Crippen LogP contribution < -0.4 is 5.73 Å². The Hall–Kier alpha value is -7.88. The Morgan fingerprint density at radius 2 is 0.904 bits per heavy atom. The molecular weight excluding hydrogens is 1320 g/mol. The summed E-state index contributed by atoms with van der Waals surface area (Å²) >= 11 is 0. The number of aromatic nitrogens is 7. The van der Waals surface area contributed by atoms with Crippen molar-refractivity contribution in [2.24, 2.45) is 98.4 Å². The number of carbonyl (C=O) groups excluding carboxylic acids is 8. The Labute approximate surface area is 609 Å². The van der Waals surface area contributed by atoms with E-state index in [1.165, 1.54) is 88.5 Å². The molecule has 2 N–H and O–H groups in total. The quantitative estimate of drug-likeness (QED) is 0.0341. The molecule has 0 saturated heterocycles. The lowest BCUT2D eigenvalue weighted by molar-refractivity contribution is -0.164. The van der Waals surface area contributed by atoms with Crippen LogP contribution in [0, 0.1) is 92.7 Å². The fourth-order valence-electron chi connectivity index (χ4n) is 24.2. The van der Waals surface area contributed by atoms with Crippen molar-refractivity contribution in [1.29, 1.82) is 0 Å². The van der Waals surface area contributed by atoms with Gasteiger partial charge in [0.15, 0.2) is 0 Å². The number of benzene rings is 2. The molecule has 5 aromatic rings. The number of amides is 4. The van der Waals surface area contributed by atoms with Crippen LogP contribution in [0.15, 0.2) is 73.1 Å². The molecule has 556 valence electrons. The fraction of sp³-hybridized carbons (Fsp3) is 0.659. The Morgan fingerprint density at radius 3 is 1.32 bits per heavy atom. The molecule has 2 aromatic carbocycles. The first-order valence-electron chi connectivity index (χ1n) is 39.4. The molecule has 22 nitrogen and oxygen atoms in total. The van der Waals surface area contributed by atoms with E-state index in [-0.39, 0.29) is 121 Å². The summed E-state index contributed by atoms with van der Waals surface area (Å²) in [5.74, 6) is 4.28. The molecule has 104 heavy (non-hydrogen) atoms. The Bertz CT molecular complexity index is 3930. The van der Waals surface area contributed by atoms with Gasteiger partial charge in [-0.1, -0.05) is 76.2 Å². The summed E-state index contributed by atoms with van der Waals surface area (Å²) in [6, 6.07) is 12.5. The molecule has 3 aromatic heterocycles. The van der Waals surface area contributed by atoms with E-state index in [1.54, 1.807) is 9.36 Å². The van der Waals surface area contributed by atoms with Crippen LogP contribution in [0.2, 0.25) is 0 Å². The molecule has 5 heterocycles. The number of fused-ring (bicyclic) bond motifs is 13. The van der Waals surface area contributed by atoms with Crippen molar-refractivity contribution in [3.8, 4) is 22.5 Å². The zero-order valence-electron chi connectivity index (χ0n) is 61.7. The third-order valence-electron chi connectivity index (χ3n) is 29.4. The van der Waals surface area contributed by atoms with Crippen LogP contribution in [-0.2, 0) is 76.9 Å². The maximum absolute atomic E-state index is 13.7. The molecule has 8 fully saturated rings. The lowest BCUT2D eigenvalue weighted by atomic mass is 9.44. The predicted molar refractivity (Wildman–Crippen MR) is 387 cm³/mol. The van der Waals surface area contributed by atoms with Gasteiger partial charge in [0.05, 0.1) is 25.5 Å². The number of carbonyl (C=O) groups is 8. The normalized spacial score (nSPS) is 33.3. The summed E-state index contributed by atoms with van der Waals surface area (Å²) < 4.78 is 28.9. The van der Waals surface area contributed by atoms with E-state index in [9.17, 15) is 38.4 Å². The first kappa shape index (κ1) is 71.7. The zero-order valence-corrected chi connectivity index (χ0v) is 61.7. The highest BCUT2D eigenvalue weighted by molar-refractivity contribution is 6.13. The molecule has 10 aliphatic rings. The van der Waals surface area contributed by atoms with Gasteiger partial charge in [0.1, 0.15) is 49.9 Å². The van der Waals surface area contributed by atoms with Crippen LogP contribution in [0.3, 0.4) is 0 Å². The van der Waals surface area contributed by atoms with Gasteiger partial charge in [0, 0.05) is 83.2 Å². The Morgan fingerprint density at radius 1 is 0.500 bits per heavy atom. The summed E-state index contributed by atoms with van der Waals surface area (Å²) in [7, 11) is 0. The van der Waals surface area contributed by atoms with Crippen molar-refractivity contribution >= 4 is 69.3 Å². The highest BCUT2D eigenvalue weighted by atomic mass is 16.6. The number of rotatable bonds is 24. The van der Waals surface area contributed by atoms with Gasteiger partial charge in [0.25, 0.3) is 23.6 Å². The van der Waals surface area contributed by atoms with E-state index in [4.69, 9.17) is 24.7 Å². The molecule has 2 aliphatic heterocycles. The third-order valence-corrected chi connectivity index (χ3v) is 29.4. The van der Waals surface area contributed by atoms with Crippen molar-refractivity contribution in [3.63, 3.8) is 0 Å². The van der Waals surface area contributed by atoms with Crippen LogP contribution in [0.5, 0.6) is 0 Å². The number of imide groups is 2. The highest BCUT2D eigenvalue weighted by Crippen LogP contribution is 2.70. The molecule has 4 amide bonds. The molecule has 8 aliphatic carbocycles. The molecule has 0 radical (unpaired) electrons. The fourth-order valence-corrected chi connectivity index (χ4v) is 24.2. The number of nitrogens with two attached hydrogens (primary N) is 1. The van der Waals surface area contributed by atoms with Crippen molar-refractivity contribution in [1.82, 2.24) is 44.4 Å². The molecule has 18 atom stereocenters. The van der Waals surface area contributed by atoms with Crippen molar-refractivity contribution in [2.75, 3.05) is 32.8 Å². The van der Waals surface area contributed by atoms with Crippen molar-refractivity contribution in [2.45, 2.75) is 215 Å². The maximum Gasteiger partial charge on any atom is 0.328 e. The summed E-state index contributed by atoms with van der Waals surface area (Å²) in [4.78, 5) is 103. The van der Waals surface area contributed by atoms with E-state index in [0.717, 1.165) is 107 Å². The SMILES string of the molecule is C[C@H](CCC(=O)OCCN1C(=O)C=CC1=O)C1CC[C@H]2[C@@H]3CC[C@@H]4C[C@H](OC(=O)Cn5cc(-c6ccc7c8ccc(-c9cn(CC(=O)O[C@@H]%10CCC%11(C)C%12CCC%13(C)C([C@H](C)CCC(=O)OCCN%14C(=O)C=CC%14=O)CC[C@H]%13[C@@H]%12CC[C@@H]%11C%10)nn9)cc8n(CCN)c7c6)nn5)CCC4(C)C3CCC12C. The average Bonchev–Trinajstić information content (AvgIpc) is 1.39. The number of nitrogens with zero attached hydrogens (tertiary/aromatic N) is 9. The lowest BCUT2D eigenvalue weighted by Crippen LogP contribution is -2.54. The molecule has 0 spiro atoms. The number of ether oxygens (including phenoxy) is 4. The van der Waals surface area contributed by atoms with Crippen LogP contribution in [0.1, 0.15) is 183 Å². The average molecular weight is 1420 g/mol. The first-order valence-corrected chi connectivity index (χ1v) is 39.4. The number of esters is 4. The van der Waals surface area contributed by atoms with Crippen LogP contribution in [0.25, 0.3) is 44.3 Å². The van der Waals surface area contributed by atoms with Gasteiger partial charge >= 0.3 is 23.9 Å². The van der Waals surface area contributed by atoms with E-state index in [1.807, 2.05) is 24.5 Å². The topological polar surface area (TPSA) is 272 Å². The molecule has 8 saturated carbocycles. The van der Waals surface area contributed by atoms with Crippen molar-refractivity contribution in [3.05, 3.63) is 73.1 Å². The predicted octanol–water partition coefficient (Wildman–Crippen LogP) is 12.2. The standard InChI is InChI=1S/C82H106N10O12/c1-49(7-25-75(97)101-39-37-91-71(93)21-22-72(91)94)61-17-19-63-59-15-11-53-43-55(27-31-79(53,3)65(59)29-33-81(61,63)5)103-77(99)47-88-45-67(84-86-88)51-9-13-57-58-14-10-52(42-70(58)90(36-35-83)69(57)41-51)68-46-89(87-85-68)48-78(100)104-56-28-32-80(4)54(44-56)12-16-60-64-20-18-62(82(64,6)34-30-66(60)80)50(2)8-26-76(98)102-40-38-92-73(95)23-24-74(92)96/h9-10,13-14,21-24,41-42,45-46,49-50,53-56,59-66H,7-8,11-12,15-20,25-40,43-44,47-48,83H2,1-6H3/t49-,50-,53-,54-,55-,56-,59+,60+,61?,62?,63+,64+,65?,66?,79?,80?,81?,82?/m1/s1. The molecule has 0 bridgehead atoms. The zero-order chi connectivity index (χ0) is 72.6. The van der Waals surface area contributed by atoms with Crippen molar-refractivity contribution < 1.29 is 57.3 Å². The Balaban J connectivity index is 0.509. The summed E-state index contributed by atoms with van der Waals surface area (Å²) in [6.45, 7) is 15.9. The second-order valence-corrected chi connectivity index (χ2v) is 34.3. The highest BCUT2D eigenvalue weighted by Gasteiger charge is 2.63. The smallest absolute Gasteiger partial charge is 0.328 e. The maximum atomic E-state index is 13.7. The monoisotopic (exact) mass is 1420 g/mol. The van der Waals surface area contributed by atoms with Crippen LogP contribution in [-0.4, -0.2) is 137 Å². The van der Waals surface area contributed by atoms with Gasteiger partial charge in [-0.15, -0.1) is 10.2 Å². The minimum absolute atomic E-state index is 0.0178. The Kier molecular flexibility index (Phi) is 19.8. The van der Waals surface area contributed by atoms with Gasteiger partial charge in [-0.25, -0.2) is 9.36 Å². The second-order valence-electron chi connectivity index (χ2n) is 34.3. The molecule has 22 heteroatoms. The molecule has 8 unspecified atom stereocenters. The van der Waals surface area contributed by atoms with E-state index in [2.05, 4.69) is 91.0 Å². The largest absolute Gasteiger partial charge is 0.464 e. The van der Waals surface area contributed by atoms with E-state index >= 15 is 0 Å². The molecule has 15 rings (SSSR count). The summed E-state index contributed by atoms with van der Waals surface area (Å²) in [6.07, 6.45) is 30.6. The molecular formula is C82H106N10O12. The van der Waals surface area contributed by atoms with Crippen LogP contribution >= 0.6 is 0 Å². The number of hydrogen-bond acceptors (Lipinski definition) is 17. The van der Waals surface area contributed by atoms with Gasteiger partial charge in [-0.05, 0) is 233 Å². The van der Waals surface area contributed by atoms with E-state index in [0.29, 0.717) is 108 Å². The summed E-state index contributed by atoms with van der Waals surface area (Å²) in [5.41, 5.74) is 12.2. The number of hydrogen-bond donors (Lipinski definition) is 1. The first-order chi connectivity index (χ1) is 50.0. The van der Waals surface area contributed by atoms with Gasteiger partial charge < -0.3 is 29.2 Å². The van der Waals surface area contributed by atoms with Gasteiger partial charge in [0.2, 0.25) is 0 Å². The van der Waals surface area contributed by atoms with Gasteiger partial charge in [-0.3, -0.25) is 48.2 Å². The minimum Gasteiger partial charge on any atom is -0.464 e. The minimum atomic E-state index is -0.369. The van der Waals surface area contributed by atoms with Crippen LogP contribution in [0.4, 0.5) is 0 Å². The van der Waals surface area contributed by atoms with E-state index < -0.39 is 0 Å². The lowest BCUT2D eigenvalue weighted by Gasteiger charge is -2.61.